The van der Waals surface area contributed by atoms with Crippen LogP contribution >= 0.6 is 0 Å². The van der Waals surface area contributed by atoms with Crippen LogP contribution in [-0.2, 0) is 16.0 Å². The molecule has 0 aliphatic carbocycles. The maximum absolute atomic E-state index is 13.0. The highest BCUT2D eigenvalue weighted by molar-refractivity contribution is 6.04. The van der Waals surface area contributed by atoms with Gasteiger partial charge in [-0.3, -0.25) is 0 Å². The number of nitrogens with one attached hydrogen (secondary N) is 2. The van der Waals surface area contributed by atoms with Gasteiger partial charge >= 0.3 is 12.0 Å². The van der Waals surface area contributed by atoms with Gasteiger partial charge in [-0.15, -0.1) is 0 Å². The summed E-state index contributed by atoms with van der Waals surface area (Å²) in [5.74, 6) is 0.902. The van der Waals surface area contributed by atoms with E-state index in [1.165, 1.54) is 5.56 Å². The average Bonchev–Trinajstić information content (AvgIpc) is 2.91. The topological polar surface area (TPSA) is 85.9 Å². The summed E-state index contributed by atoms with van der Waals surface area (Å²) in [6.45, 7) is 2.56. The molecule has 2 amide bonds. The molecule has 0 fully saturated rings. The van der Waals surface area contributed by atoms with Crippen LogP contribution in [0.4, 0.5) is 4.79 Å². The van der Waals surface area contributed by atoms with Crippen molar-refractivity contribution < 1.29 is 23.8 Å². The third-order valence-electron chi connectivity index (χ3n) is 5.88. The fraction of sp³-hybridized carbons (Fsp3) is 0.241. The zero-order valence-corrected chi connectivity index (χ0v) is 20.5. The number of methoxy groups -OCH3 is 1. The number of benzene rings is 3. The summed E-state index contributed by atoms with van der Waals surface area (Å²) in [7, 11) is 1.58. The Morgan fingerprint density at radius 2 is 1.61 bits per heavy atom. The van der Waals surface area contributed by atoms with Crippen LogP contribution in [-0.4, -0.2) is 32.3 Å². The zero-order valence-electron chi connectivity index (χ0n) is 20.5. The van der Waals surface area contributed by atoms with Crippen molar-refractivity contribution in [3.8, 4) is 11.5 Å². The SMILES string of the molecule is CCOC(=O)C1=C(c2ccc(OC)cc2)NC(=O)NC1c1ccc(OCCCc2ccccc2)cc1. The number of aryl methyl sites for hydroxylation is 1. The Kier molecular flexibility index (Phi) is 8.24. The van der Waals surface area contributed by atoms with Crippen LogP contribution in [0.2, 0.25) is 0 Å². The fourth-order valence-corrected chi connectivity index (χ4v) is 4.10. The Balaban J connectivity index is 1.53. The lowest BCUT2D eigenvalue weighted by Crippen LogP contribution is -2.45. The second-order valence-corrected chi connectivity index (χ2v) is 8.28. The molecule has 0 radical (unpaired) electrons. The molecule has 2 N–H and O–H groups in total. The maximum Gasteiger partial charge on any atom is 0.338 e. The van der Waals surface area contributed by atoms with Crippen molar-refractivity contribution in [2.75, 3.05) is 20.3 Å². The van der Waals surface area contributed by atoms with Gasteiger partial charge in [-0.05, 0) is 72.9 Å². The van der Waals surface area contributed by atoms with Crippen molar-refractivity contribution in [2.45, 2.75) is 25.8 Å². The van der Waals surface area contributed by atoms with Crippen LogP contribution in [0, 0.1) is 0 Å². The summed E-state index contributed by atoms with van der Waals surface area (Å²) >= 11 is 0. The average molecular weight is 487 g/mol. The van der Waals surface area contributed by atoms with Crippen LogP contribution < -0.4 is 20.1 Å². The Hall–Kier alpha value is -4.26. The molecule has 1 heterocycles. The van der Waals surface area contributed by atoms with Gasteiger partial charge in [0, 0.05) is 0 Å². The van der Waals surface area contributed by atoms with E-state index in [1.54, 1.807) is 38.3 Å². The number of rotatable bonds is 10. The Labute approximate surface area is 211 Å². The van der Waals surface area contributed by atoms with Crippen LogP contribution in [0.15, 0.2) is 84.4 Å². The van der Waals surface area contributed by atoms with E-state index in [1.807, 2.05) is 42.5 Å². The van der Waals surface area contributed by atoms with Crippen LogP contribution in [0.1, 0.15) is 36.1 Å². The minimum atomic E-state index is -0.679. The highest BCUT2D eigenvalue weighted by Gasteiger charge is 2.34. The number of esters is 1. The van der Waals surface area contributed by atoms with Crippen LogP contribution in [0.3, 0.4) is 0 Å². The first-order valence-electron chi connectivity index (χ1n) is 12.0. The van der Waals surface area contributed by atoms with Gasteiger partial charge in [-0.2, -0.15) is 0 Å². The molecule has 0 aromatic heterocycles. The summed E-state index contributed by atoms with van der Waals surface area (Å²) in [5, 5.41) is 5.64. The third kappa shape index (κ3) is 6.05. The quantitative estimate of drug-likeness (QED) is 0.310. The predicted molar refractivity (Wildman–Crippen MR) is 138 cm³/mol. The molecule has 0 saturated carbocycles. The van der Waals surface area contributed by atoms with E-state index in [-0.39, 0.29) is 6.61 Å². The molecule has 3 aromatic rings. The number of amides is 2. The Bertz CT molecular complexity index is 1200. The van der Waals surface area contributed by atoms with E-state index in [9.17, 15) is 9.59 Å². The summed E-state index contributed by atoms with van der Waals surface area (Å²) in [4.78, 5) is 25.6. The van der Waals surface area contributed by atoms with Crippen molar-refractivity contribution >= 4 is 17.7 Å². The van der Waals surface area contributed by atoms with Crippen molar-refractivity contribution in [1.29, 1.82) is 0 Å². The lowest BCUT2D eigenvalue weighted by molar-refractivity contribution is -0.138. The second-order valence-electron chi connectivity index (χ2n) is 8.28. The van der Waals surface area contributed by atoms with Gasteiger partial charge in [0.25, 0.3) is 0 Å². The van der Waals surface area contributed by atoms with Crippen LogP contribution in [0.25, 0.3) is 5.70 Å². The molecule has 7 nitrogen and oxygen atoms in total. The largest absolute Gasteiger partial charge is 0.497 e. The minimum Gasteiger partial charge on any atom is -0.497 e. The number of hydrogen-bond donors (Lipinski definition) is 2. The molecule has 0 saturated heterocycles. The van der Waals surface area contributed by atoms with Gasteiger partial charge in [0.1, 0.15) is 11.5 Å². The number of ether oxygens (including phenoxy) is 3. The molecule has 1 atom stereocenters. The first kappa shape index (κ1) is 24.9. The summed E-state index contributed by atoms with van der Waals surface area (Å²) in [5.41, 5.74) is 3.45. The molecule has 4 rings (SSSR count). The minimum absolute atomic E-state index is 0.217. The summed E-state index contributed by atoms with van der Waals surface area (Å²) in [6.07, 6.45) is 1.85. The van der Waals surface area contributed by atoms with Crippen LogP contribution in [0.5, 0.6) is 11.5 Å². The predicted octanol–water partition coefficient (Wildman–Crippen LogP) is 5.04. The molecule has 0 spiro atoms. The molecule has 7 heteroatoms. The van der Waals surface area contributed by atoms with Gasteiger partial charge in [-0.1, -0.05) is 42.5 Å². The molecular formula is C29H30N2O5. The normalized spacial score (nSPS) is 15.1. The van der Waals surface area contributed by atoms with Gasteiger partial charge in [0.15, 0.2) is 0 Å². The second kappa shape index (κ2) is 11.9. The smallest absolute Gasteiger partial charge is 0.338 e. The maximum atomic E-state index is 13.0. The highest BCUT2D eigenvalue weighted by Crippen LogP contribution is 2.33. The molecule has 1 unspecified atom stereocenters. The van der Waals surface area contributed by atoms with E-state index < -0.39 is 18.0 Å². The number of carbonyl (C=O) groups is 2. The first-order chi connectivity index (χ1) is 17.6. The van der Waals surface area contributed by atoms with Gasteiger partial charge < -0.3 is 24.8 Å². The molecule has 1 aliphatic rings. The van der Waals surface area contributed by atoms with Crippen molar-refractivity contribution in [2.24, 2.45) is 0 Å². The monoisotopic (exact) mass is 486 g/mol. The third-order valence-corrected chi connectivity index (χ3v) is 5.88. The standard InChI is InChI=1S/C29H30N2O5/c1-3-35-28(32)25-26(21-11-15-23(34-2)16-12-21)30-29(33)31-27(25)22-13-17-24(18-14-22)36-19-7-10-20-8-5-4-6-9-20/h4-6,8-9,11-18,27H,3,7,10,19H2,1-2H3,(H2,30,31,33). The van der Waals surface area contributed by atoms with Crippen molar-refractivity contribution in [1.82, 2.24) is 10.6 Å². The van der Waals surface area contributed by atoms with E-state index in [2.05, 4.69) is 22.8 Å². The van der Waals surface area contributed by atoms with Gasteiger partial charge in [-0.25, -0.2) is 9.59 Å². The molecule has 36 heavy (non-hydrogen) atoms. The highest BCUT2D eigenvalue weighted by atomic mass is 16.5. The van der Waals surface area contributed by atoms with Gasteiger partial charge in [0.05, 0.1) is 37.6 Å². The van der Waals surface area contributed by atoms with Crippen molar-refractivity contribution in [3.63, 3.8) is 0 Å². The number of urea groups is 1. The van der Waals surface area contributed by atoms with E-state index in [0.29, 0.717) is 29.2 Å². The summed E-state index contributed by atoms with van der Waals surface area (Å²) in [6, 6.07) is 23.8. The fourth-order valence-electron chi connectivity index (χ4n) is 4.10. The van der Waals surface area contributed by atoms with E-state index >= 15 is 0 Å². The van der Waals surface area contributed by atoms with E-state index in [0.717, 1.165) is 24.2 Å². The lowest BCUT2D eigenvalue weighted by Gasteiger charge is -2.29. The zero-order chi connectivity index (χ0) is 25.3. The molecule has 3 aromatic carbocycles. The Morgan fingerprint density at radius 1 is 0.917 bits per heavy atom. The molecule has 0 bridgehead atoms. The van der Waals surface area contributed by atoms with E-state index in [4.69, 9.17) is 14.2 Å². The molecule has 1 aliphatic heterocycles. The Morgan fingerprint density at radius 3 is 2.28 bits per heavy atom. The number of hydrogen-bond acceptors (Lipinski definition) is 5. The number of carbonyl (C=O) groups excluding carboxylic acids is 2. The molecular weight excluding hydrogens is 456 g/mol. The first-order valence-corrected chi connectivity index (χ1v) is 12.0. The lowest BCUT2D eigenvalue weighted by atomic mass is 9.92. The van der Waals surface area contributed by atoms with Gasteiger partial charge in [0.2, 0.25) is 0 Å². The van der Waals surface area contributed by atoms with Crippen molar-refractivity contribution in [3.05, 3.63) is 101 Å². The molecule has 186 valence electrons. The summed E-state index contributed by atoms with van der Waals surface area (Å²) < 4.78 is 16.5.